The number of hydrogen-bond donors (Lipinski definition) is 0. The zero-order valence-corrected chi connectivity index (χ0v) is 43.8. The van der Waals surface area contributed by atoms with Crippen molar-refractivity contribution in [2.75, 3.05) is 13.2 Å². The molecule has 0 fully saturated rings. The highest BCUT2D eigenvalue weighted by Gasteiger charge is 2.19. The molecule has 0 heterocycles. The lowest BCUT2D eigenvalue weighted by Crippen LogP contribution is -2.30. The molecule has 0 rings (SSSR count). The first-order chi connectivity index (χ1) is 32.0. The highest BCUT2D eigenvalue weighted by Crippen LogP contribution is 2.17. The van der Waals surface area contributed by atoms with E-state index >= 15 is 0 Å². The fourth-order valence-corrected chi connectivity index (χ4v) is 8.59. The highest BCUT2D eigenvalue weighted by molar-refractivity contribution is 5.71. The topological polar surface area (TPSA) is 78.9 Å². The Balaban J connectivity index is 4.04. The quantitative estimate of drug-likeness (QED) is 0.0262. The Hall–Kier alpha value is -2.11. The molecule has 0 aliphatic rings. The Morgan fingerprint density at radius 1 is 0.308 bits per heavy atom. The number of allylic oxidation sites excluding steroid dienone is 4. The Morgan fingerprint density at radius 2 is 0.554 bits per heavy atom. The molecule has 0 aliphatic heterocycles. The van der Waals surface area contributed by atoms with Crippen LogP contribution in [0.25, 0.3) is 0 Å². The number of esters is 3. The molecule has 0 radical (unpaired) electrons. The van der Waals surface area contributed by atoms with Gasteiger partial charge in [-0.2, -0.15) is 0 Å². The summed E-state index contributed by atoms with van der Waals surface area (Å²) in [5.74, 6) is -0.870. The van der Waals surface area contributed by atoms with Crippen LogP contribution in [0.4, 0.5) is 0 Å². The molecule has 0 saturated carbocycles. The van der Waals surface area contributed by atoms with Gasteiger partial charge in [0, 0.05) is 19.3 Å². The van der Waals surface area contributed by atoms with E-state index in [2.05, 4.69) is 45.1 Å². The molecule has 65 heavy (non-hydrogen) atoms. The van der Waals surface area contributed by atoms with Crippen molar-refractivity contribution in [3.05, 3.63) is 24.3 Å². The summed E-state index contributed by atoms with van der Waals surface area (Å²) in [4.78, 5) is 37.8. The standard InChI is InChI=1S/C59H110O6/c1-4-7-10-13-15-17-19-21-23-25-27-28-29-30-32-33-35-37-39-41-43-46-49-52-58(61)64-55-56(54-63-57(60)51-48-45-12-9-6-3)65-59(62)53-50-47-44-42-40-38-36-34-31-26-24-22-20-18-16-14-11-8-5-2/h16,18,22,24,56H,4-15,17,19-21,23,25-55H2,1-3H3/b18-16-,24-22-. The van der Waals surface area contributed by atoms with Gasteiger partial charge in [-0.05, 0) is 51.4 Å². The van der Waals surface area contributed by atoms with Crippen LogP contribution >= 0.6 is 0 Å². The summed E-state index contributed by atoms with van der Waals surface area (Å²) in [7, 11) is 0. The summed E-state index contributed by atoms with van der Waals surface area (Å²) in [5.41, 5.74) is 0. The minimum absolute atomic E-state index is 0.0689. The smallest absolute Gasteiger partial charge is 0.306 e. The fraction of sp³-hybridized carbons (Fsp3) is 0.881. The Morgan fingerprint density at radius 3 is 0.877 bits per heavy atom. The summed E-state index contributed by atoms with van der Waals surface area (Å²) < 4.78 is 16.7. The van der Waals surface area contributed by atoms with Gasteiger partial charge in [0.1, 0.15) is 13.2 Å². The molecule has 0 amide bonds. The van der Waals surface area contributed by atoms with Gasteiger partial charge in [0.15, 0.2) is 6.10 Å². The van der Waals surface area contributed by atoms with E-state index in [1.54, 1.807) is 0 Å². The van der Waals surface area contributed by atoms with Crippen molar-refractivity contribution in [3.63, 3.8) is 0 Å². The molecule has 0 spiro atoms. The first kappa shape index (κ1) is 62.9. The van der Waals surface area contributed by atoms with Crippen LogP contribution < -0.4 is 0 Å². The van der Waals surface area contributed by atoms with Gasteiger partial charge in [-0.1, -0.05) is 270 Å². The molecule has 0 aliphatic carbocycles. The molecule has 1 atom stereocenters. The Labute approximate surface area is 404 Å². The lowest BCUT2D eigenvalue weighted by molar-refractivity contribution is -0.167. The van der Waals surface area contributed by atoms with Gasteiger partial charge in [0.2, 0.25) is 0 Å². The molecule has 0 bridgehead atoms. The third-order valence-electron chi connectivity index (χ3n) is 13.0. The van der Waals surface area contributed by atoms with E-state index in [0.717, 1.165) is 70.6 Å². The van der Waals surface area contributed by atoms with E-state index in [4.69, 9.17) is 14.2 Å². The van der Waals surface area contributed by atoms with Crippen molar-refractivity contribution in [2.45, 2.75) is 322 Å². The third kappa shape index (κ3) is 52.7. The number of carbonyl (C=O) groups is 3. The molecule has 0 saturated heterocycles. The predicted octanol–water partition coefficient (Wildman–Crippen LogP) is 19.1. The fourth-order valence-electron chi connectivity index (χ4n) is 8.59. The predicted molar refractivity (Wildman–Crippen MR) is 279 cm³/mol. The Bertz CT molecular complexity index is 1050. The van der Waals surface area contributed by atoms with Gasteiger partial charge < -0.3 is 14.2 Å². The summed E-state index contributed by atoms with van der Waals surface area (Å²) in [6, 6.07) is 0. The van der Waals surface area contributed by atoms with Gasteiger partial charge in [-0.3, -0.25) is 14.4 Å². The van der Waals surface area contributed by atoms with Crippen LogP contribution in [-0.2, 0) is 28.6 Å². The lowest BCUT2D eigenvalue weighted by Gasteiger charge is -2.18. The maximum absolute atomic E-state index is 12.8. The molecule has 6 heteroatoms. The summed E-state index contributed by atoms with van der Waals surface area (Å²) >= 11 is 0. The number of hydrogen-bond acceptors (Lipinski definition) is 6. The average Bonchev–Trinajstić information content (AvgIpc) is 3.30. The van der Waals surface area contributed by atoms with Gasteiger partial charge in [0.05, 0.1) is 0 Å². The van der Waals surface area contributed by atoms with Crippen LogP contribution in [0.2, 0.25) is 0 Å². The van der Waals surface area contributed by atoms with Crippen LogP contribution in [0.15, 0.2) is 24.3 Å². The molecule has 0 aromatic rings. The van der Waals surface area contributed by atoms with Crippen molar-refractivity contribution in [1.29, 1.82) is 0 Å². The normalized spacial score (nSPS) is 12.1. The van der Waals surface area contributed by atoms with Crippen LogP contribution in [0.3, 0.4) is 0 Å². The van der Waals surface area contributed by atoms with Crippen LogP contribution in [-0.4, -0.2) is 37.2 Å². The van der Waals surface area contributed by atoms with E-state index in [9.17, 15) is 14.4 Å². The van der Waals surface area contributed by atoms with E-state index in [-0.39, 0.29) is 31.1 Å². The van der Waals surface area contributed by atoms with E-state index < -0.39 is 6.10 Å². The second-order valence-corrected chi connectivity index (χ2v) is 19.6. The molecule has 0 N–H and O–H groups in total. The van der Waals surface area contributed by atoms with E-state index in [1.807, 2.05) is 0 Å². The maximum Gasteiger partial charge on any atom is 0.306 e. The summed E-state index contributed by atoms with van der Waals surface area (Å²) in [6.07, 6.45) is 63.6. The number of carbonyl (C=O) groups excluding carboxylic acids is 3. The monoisotopic (exact) mass is 915 g/mol. The van der Waals surface area contributed by atoms with E-state index in [0.29, 0.717) is 19.3 Å². The molecule has 0 aromatic heterocycles. The van der Waals surface area contributed by atoms with Crippen molar-refractivity contribution in [3.8, 4) is 0 Å². The zero-order valence-electron chi connectivity index (χ0n) is 43.8. The van der Waals surface area contributed by atoms with Gasteiger partial charge >= 0.3 is 17.9 Å². The average molecular weight is 916 g/mol. The molecular formula is C59H110O6. The highest BCUT2D eigenvalue weighted by atomic mass is 16.6. The van der Waals surface area contributed by atoms with Crippen molar-refractivity contribution in [2.24, 2.45) is 0 Å². The lowest BCUT2D eigenvalue weighted by atomic mass is 10.0. The van der Waals surface area contributed by atoms with Gasteiger partial charge in [-0.15, -0.1) is 0 Å². The molecule has 0 aromatic carbocycles. The Kier molecular flexibility index (Phi) is 52.7. The second kappa shape index (κ2) is 54.5. The summed E-state index contributed by atoms with van der Waals surface area (Å²) in [6.45, 7) is 6.58. The second-order valence-electron chi connectivity index (χ2n) is 19.6. The molecule has 1 unspecified atom stereocenters. The van der Waals surface area contributed by atoms with Gasteiger partial charge in [0.25, 0.3) is 0 Å². The number of unbranched alkanes of at least 4 members (excludes halogenated alkanes) is 38. The van der Waals surface area contributed by atoms with E-state index in [1.165, 1.54) is 205 Å². The first-order valence-corrected chi connectivity index (χ1v) is 28.8. The van der Waals surface area contributed by atoms with Crippen LogP contribution in [0.5, 0.6) is 0 Å². The first-order valence-electron chi connectivity index (χ1n) is 28.8. The van der Waals surface area contributed by atoms with Crippen molar-refractivity contribution < 1.29 is 28.6 Å². The SMILES string of the molecule is CCCCC/C=C\C/C=C\CCCCCCCCCCCC(=O)OC(COC(=O)CCCCCCC)COC(=O)CCCCCCCCCCCCCCCCCCCCCCCCC. The van der Waals surface area contributed by atoms with Crippen LogP contribution in [0.1, 0.15) is 316 Å². The maximum atomic E-state index is 12.8. The van der Waals surface area contributed by atoms with Crippen molar-refractivity contribution >= 4 is 17.9 Å². The molecule has 6 nitrogen and oxygen atoms in total. The van der Waals surface area contributed by atoms with Gasteiger partial charge in [-0.25, -0.2) is 0 Å². The number of ether oxygens (including phenoxy) is 3. The molecular weight excluding hydrogens is 805 g/mol. The van der Waals surface area contributed by atoms with Crippen LogP contribution in [0, 0.1) is 0 Å². The third-order valence-corrected chi connectivity index (χ3v) is 13.0. The summed E-state index contributed by atoms with van der Waals surface area (Å²) in [5, 5.41) is 0. The minimum Gasteiger partial charge on any atom is -0.462 e. The minimum atomic E-state index is -0.766. The zero-order chi connectivity index (χ0) is 47.2. The molecule has 382 valence electrons. The largest absolute Gasteiger partial charge is 0.462 e. The number of rotatable bonds is 53. The van der Waals surface area contributed by atoms with Crippen molar-refractivity contribution in [1.82, 2.24) is 0 Å².